The van der Waals surface area contributed by atoms with Gasteiger partial charge in [0.05, 0.1) is 17.8 Å². The molecule has 0 aliphatic heterocycles. The van der Waals surface area contributed by atoms with Gasteiger partial charge in [0, 0.05) is 5.56 Å². The number of hydrogen-bond donors (Lipinski definition) is 2. The van der Waals surface area contributed by atoms with Crippen LogP contribution < -0.4 is 5.73 Å². The minimum absolute atomic E-state index is 0.0788. The third-order valence-electron chi connectivity index (χ3n) is 4.92. The summed E-state index contributed by atoms with van der Waals surface area (Å²) in [5, 5.41) is 15.0. The number of nitrogens with two attached hydrogens (primary N) is 1. The Hall–Kier alpha value is -1.03. The van der Waals surface area contributed by atoms with E-state index < -0.39 is 0 Å². The van der Waals surface area contributed by atoms with Gasteiger partial charge in [0.2, 0.25) is 0 Å². The van der Waals surface area contributed by atoms with E-state index >= 15 is 0 Å². The highest BCUT2D eigenvalue weighted by molar-refractivity contribution is 5.50. The maximum atomic E-state index is 10.2. The molecule has 2 aliphatic rings. The molecule has 1 aromatic rings. The maximum Gasteiger partial charge on any atom is 0.126 e. The van der Waals surface area contributed by atoms with Crippen LogP contribution in [0.2, 0.25) is 0 Å². The molecule has 0 bridgehead atoms. The molecule has 0 aromatic carbocycles. The lowest BCUT2D eigenvalue weighted by atomic mass is 9.75. The molecule has 4 nitrogen and oxygen atoms in total. The number of nitrogen functional groups attached to an aromatic ring is 1. The smallest absolute Gasteiger partial charge is 0.126 e. The van der Waals surface area contributed by atoms with Crippen LogP contribution in [0, 0.1) is 0 Å². The molecule has 0 amide bonds. The van der Waals surface area contributed by atoms with Crippen molar-refractivity contribution in [2.24, 2.45) is 0 Å². The summed E-state index contributed by atoms with van der Waals surface area (Å²) in [6.45, 7) is 4.51. The van der Waals surface area contributed by atoms with E-state index in [1.54, 1.807) is 0 Å². The van der Waals surface area contributed by atoms with Crippen molar-refractivity contribution >= 4 is 5.82 Å². The molecule has 3 N–H and O–H groups in total. The van der Waals surface area contributed by atoms with Gasteiger partial charge in [-0.1, -0.05) is 26.7 Å². The van der Waals surface area contributed by atoms with Crippen LogP contribution >= 0.6 is 0 Å². The van der Waals surface area contributed by atoms with Crippen molar-refractivity contribution in [1.82, 2.24) is 9.78 Å². The molecule has 2 atom stereocenters. The first-order chi connectivity index (χ1) is 9.00. The number of hydrogen-bond acceptors (Lipinski definition) is 3. The third kappa shape index (κ3) is 2.06. The van der Waals surface area contributed by atoms with Crippen molar-refractivity contribution in [1.29, 1.82) is 0 Å². The summed E-state index contributed by atoms with van der Waals surface area (Å²) in [6.07, 6.45) is 7.23. The fourth-order valence-electron chi connectivity index (χ4n) is 3.86. The number of nitrogens with zero attached hydrogens (tertiary/aromatic N) is 2. The molecule has 1 aromatic heterocycles. The number of fused-ring (bicyclic) bond motifs is 1. The molecule has 1 heterocycles. The minimum Gasteiger partial charge on any atom is -0.391 e. The van der Waals surface area contributed by atoms with Crippen molar-refractivity contribution in [3.05, 3.63) is 11.3 Å². The Morgan fingerprint density at radius 1 is 1.26 bits per heavy atom. The number of rotatable bonds is 1. The second kappa shape index (κ2) is 4.51. The van der Waals surface area contributed by atoms with Crippen LogP contribution in [-0.2, 0) is 11.8 Å². The number of aromatic nitrogens is 2. The van der Waals surface area contributed by atoms with Gasteiger partial charge in [0.25, 0.3) is 0 Å². The fraction of sp³-hybridized carbons (Fsp3) is 0.800. The van der Waals surface area contributed by atoms with Crippen LogP contribution in [0.15, 0.2) is 0 Å². The maximum absolute atomic E-state index is 10.2. The largest absolute Gasteiger partial charge is 0.391 e. The fourth-order valence-corrected chi connectivity index (χ4v) is 3.86. The Morgan fingerprint density at radius 2 is 2.00 bits per heavy atom. The topological polar surface area (TPSA) is 64.1 Å². The van der Waals surface area contributed by atoms with Crippen molar-refractivity contribution in [2.75, 3.05) is 5.73 Å². The summed E-state index contributed by atoms with van der Waals surface area (Å²) in [4.78, 5) is 0. The molecule has 0 spiro atoms. The van der Waals surface area contributed by atoms with Crippen molar-refractivity contribution in [2.45, 2.75) is 76.4 Å². The van der Waals surface area contributed by atoms with E-state index in [-0.39, 0.29) is 17.6 Å². The van der Waals surface area contributed by atoms with Crippen LogP contribution in [0.4, 0.5) is 5.82 Å². The van der Waals surface area contributed by atoms with E-state index in [1.165, 1.54) is 18.4 Å². The second-order valence-corrected chi connectivity index (χ2v) is 6.81. The van der Waals surface area contributed by atoms with E-state index in [2.05, 4.69) is 13.8 Å². The number of anilines is 1. The summed E-state index contributed by atoms with van der Waals surface area (Å²) in [6, 6.07) is 0.0788. The number of aliphatic hydroxyl groups is 1. The summed E-state index contributed by atoms with van der Waals surface area (Å²) in [7, 11) is 0. The van der Waals surface area contributed by atoms with Crippen LogP contribution in [0.1, 0.15) is 69.7 Å². The Kier molecular flexibility index (Phi) is 3.08. The second-order valence-electron chi connectivity index (χ2n) is 6.81. The van der Waals surface area contributed by atoms with Gasteiger partial charge < -0.3 is 10.8 Å². The molecular formula is C15H25N3O. The van der Waals surface area contributed by atoms with Gasteiger partial charge in [-0.15, -0.1) is 0 Å². The summed E-state index contributed by atoms with van der Waals surface area (Å²) in [5.41, 5.74) is 8.89. The Morgan fingerprint density at radius 3 is 2.68 bits per heavy atom. The lowest BCUT2D eigenvalue weighted by Gasteiger charge is -2.30. The number of aryl methyl sites for hydroxylation is 1. The molecular weight excluding hydrogens is 238 g/mol. The van der Waals surface area contributed by atoms with Gasteiger partial charge in [-0.05, 0) is 37.5 Å². The zero-order chi connectivity index (χ0) is 13.6. The van der Waals surface area contributed by atoms with Gasteiger partial charge in [-0.3, -0.25) is 0 Å². The summed E-state index contributed by atoms with van der Waals surface area (Å²) >= 11 is 0. The molecule has 106 valence electrons. The lowest BCUT2D eigenvalue weighted by molar-refractivity contribution is 0.0703. The molecule has 19 heavy (non-hydrogen) atoms. The first kappa shape index (κ1) is 13.0. The molecule has 4 heteroatoms. The molecule has 2 unspecified atom stereocenters. The van der Waals surface area contributed by atoms with Crippen molar-refractivity contribution < 1.29 is 5.11 Å². The zero-order valence-corrected chi connectivity index (χ0v) is 12.0. The van der Waals surface area contributed by atoms with Crippen LogP contribution in [0.25, 0.3) is 0 Å². The Balaban J connectivity index is 2.02. The van der Waals surface area contributed by atoms with E-state index in [0.29, 0.717) is 0 Å². The average molecular weight is 263 g/mol. The highest BCUT2D eigenvalue weighted by Gasteiger charge is 2.36. The van der Waals surface area contributed by atoms with Crippen LogP contribution in [-0.4, -0.2) is 21.0 Å². The normalized spacial score (nSPS) is 30.1. The van der Waals surface area contributed by atoms with Crippen molar-refractivity contribution in [3.8, 4) is 0 Å². The van der Waals surface area contributed by atoms with Gasteiger partial charge in [0.15, 0.2) is 0 Å². The standard InChI is InChI=1S/C15H25N3O/c1-15(2)9-5-6-10-13(15)14(16)18(17-10)11-7-3-4-8-12(11)19/h11-12,19H,3-9,16H2,1-2H3. The highest BCUT2D eigenvalue weighted by Crippen LogP contribution is 2.42. The summed E-state index contributed by atoms with van der Waals surface area (Å²) < 4.78 is 1.93. The molecule has 0 saturated heterocycles. The zero-order valence-electron chi connectivity index (χ0n) is 12.0. The molecule has 1 saturated carbocycles. The molecule has 2 aliphatic carbocycles. The lowest BCUT2D eigenvalue weighted by Crippen LogP contribution is -2.29. The van der Waals surface area contributed by atoms with Gasteiger partial charge in [0.1, 0.15) is 5.82 Å². The van der Waals surface area contributed by atoms with E-state index in [4.69, 9.17) is 10.8 Å². The van der Waals surface area contributed by atoms with Crippen LogP contribution in [0.5, 0.6) is 0 Å². The predicted octanol–water partition coefficient (Wildman–Crippen LogP) is 2.56. The minimum atomic E-state index is -0.291. The SMILES string of the molecule is CC1(C)CCCc2nn(C3CCCCC3O)c(N)c21. The van der Waals surface area contributed by atoms with E-state index in [1.807, 2.05) is 4.68 Å². The van der Waals surface area contributed by atoms with E-state index in [0.717, 1.165) is 43.6 Å². The quantitative estimate of drug-likeness (QED) is 0.818. The monoisotopic (exact) mass is 263 g/mol. The molecule has 0 radical (unpaired) electrons. The van der Waals surface area contributed by atoms with Crippen molar-refractivity contribution in [3.63, 3.8) is 0 Å². The van der Waals surface area contributed by atoms with Gasteiger partial charge in [-0.25, -0.2) is 4.68 Å². The van der Waals surface area contributed by atoms with E-state index in [9.17, 15) is 5.11 Å². The Labute approximate surface area is 115 Å². The number of aliphatic hydroxyl groups excluding tert-OH is 1. The van der Waals surface area contributed by atoms with Gasteiger partial charge >= 0.3 is 0 Å². The predicted molar refractivity (Wildman–Crippen MR) is 76.1 cm³/mol. The Bertz CT molecular complexity index is 478. The van der Waals surface area contributed by atoms with Crippen LogP contribution in [0.3, 0.4) is 0 Å². The first-order valence-electron chi connectivity index (χ1n) is 7.56. The average Bonchev–Trinajstić information content (AvgIpc) is 2.68. The molecule has 1 fully saturated rings. The molecule has 3 rings (SSSR count). The highest BCUT2D eigenvalue weighted by atomic mass is 16.3. The summed E-state index contributed by atoms with van der Waals surface area (Å²) in [5.74, 6) is 0.797. The third-order valence-corrected chi connectivity index (χ3v) is 4.92. The first-order valence-corrected chi connectivity index (χ1v) is 7.56. The van der Waals surface area contributed by atoms with Gasteiger partial charge in [-0.2, -0.15) is 5.10 Å².